The van der Waals surface area contributed by atoms with Crippen LogP contribution in [0.1, 0.15) is 34.4 Å². The van der Waals surface area contributed by atoms with E-state index in [0.717, 1.165) is 16.1 Å². The first-order valence-electron chi connectivity index (χ1n) is 6.96. The number of hydrogen-bond acceptors (Lipinski definition) is 5. The van der Waals surface area contributed by atoms with Gasteiger partial charge in [0, 0.05) is 16.9 Å². The second kappa shape index (κ2) is 5.57. The fourth-order valence-corrected chi connectivity index (χ4v) is 3.81. The van der Waals surface area contributed by atoms with E-state index in [1.165, 1.54) is 11.3 Å². The summed E-state index contributed by atoms with van der Waals surface area (Å²) >= 11 is 1.47. The minimum atomic E-state index is -0.937. The number of carbonyl (C=O) groups is 2. The molecular weight excluding hydrogens is 304 g/mol. The third-order valence-electron chi connectivity index (χ3n) is 4.09. The molecule has 0 radical (unpaired) electrons. The van der Waals surface area contributed by atoms with Gasteiger partial charge in [0.25, 0.3) is 0 Å². The van der Waals surface area contributed by atoms with Gasteiger partial charge in [-0.25, -0.2) is 0 Å². The largest absolute Gasteiger partial charge is 0.481 e. The van der Waals surface area contributed by atoms with Crippen LogP contribution in [0.2, 0.25) is 0 Å². The highest BCUT2D eigenvalue weighted by atomic mass is 32.1. The zero-order chi connectivity index (χ0) is 15.9. The Morgan fingerprint density at radius 3 is 2.86 bits per heavy atom. The van der Waals surface area contributed by atoms with Crippen LogP contribution in [0.4, 0.5) is 0 Å². The van der Waals surface area contributed by atoms with E-state index in [1.807, 2.05) is 24.4 Å². The first-order valence-corrected chi connectivity index (χ1v) is 7.84. The van der Waals surface area contributed by atoms with Crippen molar-refractivity contribution in [3.05, 3.63) is 39.4 Å². The van der Waals surface area contributed by atoms with Crippen LogP contribution in [0.5, 0.6) is 0 Å². The number of aryl methyl sites for hydroxylation is 2. The Labute approximate surface area is 131 Å². The molecule has 1 aliphatic rings. The number of nitrogens with zero attached hydrogens (tertiary/aromatic N) is 2. The maximum atomic E-state index is 12.4. The third-order valence-corrected chi connectivity index (χ3v) is 5.04. The number of likely N-dealkylation sites (tertiary alicyclic amines) is 1. The Kier molecular flexibility index (Phi) is 3.74. The van der Waals surface area contributed by atoms with E-state index in [9.17, 15) is 14.7 Å². The highest BCUT2D eigenvalue weighted by molar-refractivity contribution is 7.10. The van der Waals surface area contributed by atoms with Gasteiger partial charge in [0.2, 0.25) is 5.91 Å². The van der Waals surface area contributed by atoms with Crippen molar-refractivity contribution in [3.8, 4) is 0 Å². The number of hydrogen-bond donors (Lipinski definition) is 1. The average molecular weight is 320 g/mol. The monoisotopic (exact) mass is 320 g/mol. The first kappa shape index (κ1) is 14.8. The van der Waals surface area contributed by atoms with Gasteiger partial charge in [-0.2, -0.15) is 0 Å². The normalized spacial score (nSPS) is 21.5. The second-order valence-corrected chi connectivity index (χ2v) is 6.41. The van der Waals surface area contributed by atoms with Crippen molar-refractivity contribution in [1.29, 1.82) is 0 Å². The number of aromatic nitrogens is 1. The predicted molar refractivity (Wildman–Crippen MR) is 79.3 cm³/mol. The van der Waals surface area contributed by atoms with Crippen LogP contribution in [0.25, 0.3) is 0 Å². The molecule has 7 heteroatoms. The number of carboxylic acid groups (broad SMARTS) is 1. The van der Waals surface area contributed by atoms with Crippen molar-refractivity contribution in [2.75, 3.05) is 0 Å². The van der Waals surface area contributed by atoms with Gasteiger partial charge < -0.3 is 14.5 Å². The van der Waals surface area contributed by atoms with E-state index >= 15 is 0 Å². The number of rotatable bonds is 4. The summed E-state index contributed by atoms with van der Waals surface area (Å²) < 4.78 is 5.14. The van der Waals surface area contributed by atoms with Crippen molar-refractivity contribution >= 4 is 23.2 Å². The SMILES string of the molecule is Cc1noc(C)c1CN1C(=O)C[C@H](C(=O)O)[C@@H]1c1cccs1. The van der Waals surface area contributed by atoms with Gasteiger partial charge in [0.05, 0.1) is 24.2 Å². The minimum Gasteiger partial charge on any atom is -0.481 e. The Hall–Kier alpha value is -2.15. The number of carbonyl (C=O) groups excluding carboxylic acids is 1. The molecule has 1 aliphatic heterocycles. The summed E-state index contributed by atoms with van der Waals surface area (Å²) in [5, 5.41) is 15.2. The molecule has 0 unspecified atom stereocenters. The average Bonchev–Trinajstić information content (AvgIpc) is 3.15. The van der Waals surface area contributed by atoms with Gasteiger partial charge in [0.1, 0.15) is 5.76 Å². The fourth-order valence-electron chi connectivity index (χ4n) is 2.91. The molecule has 0 bridgehead atoms. The molecule has 116 valence electrons. The van der Waals surface area contributed by atoms with Crippen LogP contribution in [-0.4, -0.2) is 27.0 Å². The number of aliphatic carboxylic acids is 1. The Morgan fingerprint density at radius 2 is 2.32 bits per heavy atom. The lowest BCUT2D eigenvalue weighted by Crippen LogP contribution is -2.30. The molecule has 0 saturated carbocycles. The summed E-state index contributed by atoms with van der Waals surface area (Å²) in [5.41, 5.74) is 1.58. The Bertz CT molecular complexity index is 688. The zero-order valence-electron chi connectivity index (χ0n) is 12.3. The number of amides is 1. The predicted octanol–water partition coefficient (Wildman–Crippen LogP) is 2.53. The van der Waals surface area contributed by atoms with E-state index in [4.69, 9.17) is 4.52 Å². The van der Waals surface area contributed by atoms with Crippen LogP contribution >= 0.6 is 11.3 Å². The quantitative estimate of drug-likeness (QED) is 0.936. The Morgan fingerprint density at radius 1 is 1.55 bits per heavy atom. The van der Waals surface area contributed by atoms with Crippen molar-refractivity contribution in [3.63, 3.8) is 0 Å². The van der Waals surface area contributed by atoms with Gasteiger partial charge in [-0.05, 0) is 25.3 Å². The Balaban J connectivity index is 1.97. The summed E-state index contributed by atoms with van der Waals surface area (Å²) in [6.45, 7) is 3.94. The van der Waals surface area contributed by atoms with E-state index in [2.05, 4.69) is 5.16 Å². The van der Waals surface area contributed by atoms with Crippen molar-refractivity contribution in [2.45, 2.75) is 32.9 Å². The lowest BCUT2D eigenvalue weighted by Gasteiger charge is -2.26. The molecule has 22 heavy (non-hydrogen) atoms. The van der Waals surface area contributed by atoms with Crippen LogP contribution < -0.4 is 0 Å². The molecule has 6 nitrogen and oxygen atoms in total. The molecule has 0 spiro atoms. The van der Waals surface area contributed by atoms with Crippen LogP contribution in [0, 0.1) is 19.8 Å². The molecule has 1 N–H and O–H groups in total. The van der Waals surface area contributed by atoms with E-state index < -0.39 is 17.9 Å². The molecule has 2 aromatic heterocycles. The number of thiophene rings is 1. The summed E-state index contributed by atoms with van der Waals surface area (Å²) in [6.07, 6.45) is 0.0290. The highest BCUT2D eigenvalue weighted by Crippen LogP contribution is 2.41. The maximum Gasteiger partial charge on any atom is 0.309 e. The van der Waals surface area contributed by atoms with Gasteiger partial charge in [0.15, 0.2) is 0 Å². The fraction of sp³-hybridized carbons (Fsp3) is 0.400. The van der Waals surface area contributed by atoms with Crippen LogP contribution in [-0.2, 0) is 16.1 Å². The molecular formula is C15H16N2O4S. The minimum absolute atomic E-state index is 0.0290. The first-order chi connectivity index (χ1) is 10.5. The third kappa shape index (κ3) is 2.41. The molecule has 1 fully saturated rings. The smallest absolute Gasteiger partial charge is 0.309 e. The molecule has 1 amide bonds. The summed E-state index contributed by atoms with van der Waals surface area (Å²) in [5.74, 6) is -1.14. The van der Waals surface area contributed by atoms with Gasteiger partial charge in [-0.3, -0.25) is 9.59 Å². The molecule has 2 atom stereocenters. The molecule has 0 aliphatic carbocycles. The molecule has 1 saturated heterocycles. The molecule has 3 heterocycles. The lowest BCUT2D eigenvalue weighted by atomic mass is 9.99. The molecule has 0 aromatic carbocycles. The van der Waals surface area contributed by atoms with Gasteiger partial charge in [-0.15, -0.1) is 11.3 Å². The van der Waals surface area contributed by atoms with E-state index in [1.54, 1.807) is 11.8 Å². The summed E-state index contributed by atoms with van der Waals surface area (Å²) in [7, 11) is 0. The number of carboxylic acids is 1. The van der Waals surface area contributed by atoms with E-state index in [-0.39, 0.29) is 12.3 Å². The zero-order valence-corrected chi connectivity index (χ0v) is 13.1. The van der Waals surface area contributed by atoms with Gasteiger partial charge >= 0.3 is 5.97 Å². The molecule has 2 aromatic rings. The highest BCUT2D eigenvalue weighted by Gasteiger charge is 2.45. The summed E-state index contributed by atoms with van der Waals surface area (Å²) in [4.78, 5) is 26.4. The van der Waals surface area contributed by atoms with Crippen LogP contribution in [0.3, 0.4) is 0 Å². The molecule has 3 rings (SSSR count). The van der Waals surface area contributed by atoms with Gasteiger partial charge in [-0.1, -0.05) is 11.2 Å². The van der Waals surface area contributed by atoms with Crippen LogP contribution in [0.15, 0.2) is 22.0 Å². The van der Waals surface area contributed by atoms with Crippen molar-refractivity contribution in [2.24, 2.45) is 5.92 Å². The van der Waals surface area contributed by atoms with Crippen molar-refractivity contribution in [1.82, 2.24) is 10.1 Å². The second-order valence-electron chi connectivity index (χ2n) is 5.43. The topological polar surface area (TPSA) is 83.6 Å². The lowest BCUT2D eigenvalue weighted by molar-refractivity contribution is -0.142. The maximum absolute atomic E-state index is 12.4. The van der Waals surface area contributed by atoms with E-state index in [0.29, 0.717) is 12.3 Å². The summed E-state index contributed by atoms with van der Waals surface area (Å²) in [6, 6.07) is 3.32. The van der Waals surface area contributed by atoms with Crippen molar-refractivity contribution < 1.29 is 19.2 Å². The standard InChI is InChI=1S/C15H16N2O4S/c1-8-11(9(2)21-16-8)7-17-13(18)6-10(15(19)20)14(17)12-4-3-5-22-12/h3-5,10,14H,6-7H2,1-2H3,(H,19,20)/t10-,14+/m0/s1.